The Morgan fingerprint density at radius 2 is 1.89 bits per heavy atom. The fraction of sp³-hybridized carbons (Fsp3) is 0.333. The molecule has 1 aliphatic carbocycles. The molecule has 3 atom stereocenters. The summed E-state index contributed by atoms with van der Waals surface area (Å²) >= 11 is 9.55. The molecular formula is C15H14BrClO2. The van der Waals surface area contributed by atoms with Gasteiger partial charge in [-0.1, -0.05) is 28.1 Å². The van der Waals surface area contributed by atoms with Crippen LogP contribution in [0.2, 0.25) is 0 Å². The maximum absolute atomic E-state index is 6.08. The number of hydrogen-bond donors (Lipinski definition) is 0. The molecule has 0 amide bonds. The highest BCUT2D eigenvalue weighted by atomic mass is 79.9. The molecule has 100 valence electrons. The SMILES string of the molecule is COC1C(Cl)CC1Oc1ccc2cc(Br)ccc2c1. The Hall–Kier alpha value is -0.770. The lowest BCUT2D eigenvalue weighted by molar-refractivity contribution is -0.0583. The van der Waals surface area contributed by atoms with Crippen LogP contribution in [0.5, 0.6) is 5.75 Å². The van der Waals surface area contributed by atoms with Crippen LogP contribution in [-0.2, 0) is 4.74 Å². The van der Waals surface area contributed by atoms with E-state index in [1.807, 2.05) is 12.1 Å². The molecule has 1 saturated carbocycles. The Kier molecular flexibility index (Phi) is 3.70. The lowest BCUT2D eigenvalue weighted by Crippen LogP contribution is -2.52. The molecule has 19 heavy (non-hydrogen) atoms. The average Bonchev–Trinajstić information content (AvgIpc) is 2.38. The van der Waals surface area contributed by atoms with Crippen LogP contribution >= 0.6 is 27.5 Å². The Morgan fingerprint density at radius 1 is 1.16 bits per heavy atom. The van der Waals surface area contributed by atoms with Gasteiger partial charge in [0.05, 0.1) is 5.38 Å². The van der Waals surface area contributed by atoms with Crippen LogP contribution in [0, 0.1) is 0 Å². The molecule has 2 aromatic carbocycles. The van der Waals surface area contributed by atoms with E-state index in [1.165, 1.54) is 5.39 Å². The van der Waals surface area contributed by atoms with Crippen molar-refractivity contribution in [2.45, 2.75) is 24.0 Å². The summed E-state index contributed by atoms with van der Waals surface area (Å²) in [6.45, 7) is 0. The monoisotopic (exact) mass is 340 g/mol. The molecule has 0 N–H and O–H groups in total. The lowest BCUT2D eigenvalue weighted by atomic mass is 9.91. The van der Waals surface area contributed by atoms with Gasteiger partial charge in [0.2, 0.25) is 0 Å². The third-order valence-corrected chi connectivity index (χ3v) is 4.43. The minimum atomic E-state index is -0.0118. The fourth-order valence-electron chi connectivity index (χ4n) is 2.38. The van der Waals surface area contributed by atoms with E-state index in [1.54, 1.807) is 7.11 Å². The highest BCUT2D eigenvalue weighted by Gasteiger charge is 2.42. The van der Waals surface area contributed by atoms with Crippen molar-refractivity contribution in [3.05, 3.63) is 40.9 Å². The highest BCUT2D eigenvalue weighted by Crippen LogP contribution is 2.33. The topological polar surface area (TPSA) is 18.5 Å². The lowest BCUT2D eigenvalue weighted by Gasteiger charge is -2.39. The Morgan fingerprint density at radius 3 is 2.63 bits per heavy atom. The van der Waals surface area contributed by atoms with Gasteiger partial charge in [-0.3, -0.25) is 0 Å². The third kappa shape index (κ3) is 2.60. The van der Waals surface area contributed by atoms with E-state index in [4.69, 9.17) is 21.1 Å². The van der Waals surface area contributed by atoms with E-state index in [-0.39, 0.29) is 17.6 Å². The average molecular weight is 342 g/mol. The van der Waals surface area contributed by atoms with Crippen LogP contribution in [0.4, 0.5) is 0 Å². The second-order valence-electron chi connectivity index (χ2n) is 4.76. The molecule has 0 bridgehead atoms. The van der Waals surface area contributed by atoms with Crippen molar-refractivity contribution in [2.24, 2.45) is 0 Å². The van der Waals surface area contributed by atoms with Crippen molar-refractivity contribution in [3.63, 3.8) is 0 Å². The molecule has 2 aromatic rings. The summed E-state index contributed by atoms with van der Waals surface area (Å²) in [7, 11) is 1.67. The molecule has 3 unspecified atom stereocenters. The summed E-state index contributed by atoms with van der Waals surface area (Å²) in [6.07, 6.45) is 0.876. The van der Waals surface area contributed by atoms with Gasteiger partial charge in [0.15, 0.2) is 0 Å². The Labute approximate surface area is 125 Å². The van der Waals surface area contributed by atoms with Gasteiger partial charge in [-0.05, 0) is 35.0 Å². The predicted molar refractivity (Wildman–Crippen MR) is 81.1 cm³/mol. The van der Waals surface area contributed by atoms with E-state index in [2.05, 4.69) is 40.2 Å². The number of hydrogen-bond acceptors (Lipinski definition) is 2. The van der Waals surface area contributed by atoms with Gasteiger partial charge in [0.25, 0.3) is 0 Å². The third-order valence-electron chi connectivity index (χ3n) is 3.51. The zero-order valence-electron chi connectivity index (χ0n) is 10.5. The maximum atomic E-state index is 6.08. The quantitative estimate of drug-likeness (QED) is 0.772. The van der Waals surface area contributed by atoms with E-state index in [0.29, 0.717) is 0 Å². The van der Waals surface area contributed by atoms with Crippen molar-refractivity contribution < 1.29 is 9.47 Å². The molecule has 0 aliphatic heterocycles. The normalized spacial score (nSPS) is 26.2. The van der Waals surface area contributed by atoms with Crippen molar-refractivity contribution in [3.8, 4) is 5.75 Å². The van der Waals surface area contributed by atoms with Gasteiger partial charge >= 0.3 is 0 Å². The van der Waals surface area contributed by atoms with Gasteiger partial charge in [-0.25, -0.2) is 0 Å². The van der Waals surface area contributed by atoms with Crippen LogP contribution < -0.4 is 4.74 Å². The minimum Gasteiger partial charge on any atom is -0.488 e. The van der Waals surface area contributed by atoms with Crippen LogP contribution in [0.1, 0.15) is 6.42 Å². The summed E-state index contributed by atoms with van der Waals surface area (Å²) in [5.74, 6) is 0.866. The molecule has 0 radical (unpaired) electrons. The second-order valence-corrected chi connectivity index (χ2v) is 6.24. The first-order chi connectivity index (χ1) is 9.17. The molecule has 4 heteroatoms. The number of ether oxygens (including phenoxy) is 2. The Balaban J connectivity index is 1.80. The van der Waals surface area contributed by atoms with Gasteiger partial charge < -0.3 is 9.47 Å². The van der Waals surface area contributed by atoms with Gasteiger partial charge in [0, 0.05) is 18.0 Å². The fourth-order valence-corrected chi connectivity index (χ4v) is 3.20. The van der Waals surface area contributed by atoms with Crippen LogP contribution in [0.15, 0.2) is 40.9 Å². The van der Waals surface area contributed by atoms with Crippen molar-refractivity contribution in [2.75, 3.05) is 7.11 Å². The number of halogens is 2. The molecule has 1 aliphatic rings. The first kappa shape index (κ1) is 13.2. The summed E-state index contributed by atoms with van der Waals surface area (Å²) in [5, 5.41) is 2.41. The summed E-state index contributed by atoms with van der Waals surface area (Å²) < 4.78 is 12.3. The van der Waals surface area contributed by atoms with Crippen LogP contribution in [0.3, 0.4) is 0 Å². The molecule has 0 spiro atoms. The molecule has 0 aromatic heterocycles. The van der Waals surface area contributed by atoms with Gasteiger partial charge in [-0.15, -0.1) is 11.6 Å². The van der Waals surface area contributed by atoms with E-state index in [0.717, 1.165) is 22.0 Å². The number of alkyl halides is 1. The standard InChI is InChI=1S/C15H14BrClO2/c1-18-15-13(17)8-14(15)19-12-5-3-9-6-11(16)4-2-10(9)7-12/h2-7,13-15H,8H2,1H3. The zero-order chi connectivity index (χ0) is 13.4. The van der Waals surface area contributed by atoms with Crippen LogP contribution in [-0.4, -0.2) is 24.7 Å². The number of fused-ring (bicyclic) bond motifs is 1. The van der Waals surface area contributed by atoms with Gasteiger partial charge in [0.1, 0.15) is 18.0 Å². The summed E-state index contributed by atoms with van der Waals surface area (Å²) in [5.41, 5.74) is 0. The zero-order valence-corrected chi connectivity index (χ0v) is 12.8. The van der Waals surface area contributed by atoms with Crippen molar-refractivity contribution >= 4 is 38.3 Å². The van der Waals surface area contributed by atoms with Crippen LogP contribution in [0.25, 0.3) is 10.8 Å². The maximum Gasteiger partial charge on any atom is 0.128 e. The summed E-state index contributed by atoms with van der Waals surface area (Å²) in [4.78, 5) is 0. The van der Waals surface area contributed by atoms with Crippen molar-refractivity contribution in [1.29, 1.82) is 0 Å². The second kappa shape index (κ2) is 5.31. The van der Waals surface area contributed by atoms with Crippen molar-refractivity contribution in [1.82, 2.24) is 0 Å². The molecule has 0 saturated heterocycles. The minimum absolute atomic E-state index is 0.0118. The molecule has 3 rings (SSSR count). The first-order valence-electron chi connectivity index (χ1n) is 6.20. The van der Waals surface area contributed by atoms with E-state index in [9.17, 15) is 0 Å². The van der Waals surface area contributed by atoms with E-state index >= 15 is 0 Å². The molecular weight excluding hydrogens is 328 g/mol. The molecule has 0 heterocycles. The number of benzene rings is 2. The largest absolute Gasteiger partial charge is 0.488 e. The predicted octanol–water partition coefficient (Wildman–Crippen LogP) is 4.38. The smallest absolute Gasteiger partial charge is 0.128 e. The van der Waals surface area contributed by atoms with Gasteiger partial charge in [-0.2, -0.15) is 0 Å². The summed E-state index contributed by atoms with van der Waals surface area (Å²) in [6, 6.07) is 12.3. The number of methoxy groups -OCH3 is 1. The molecule has 2 nitrogen and oxygen atoms in total. The first-order valence-corrected chi connectivity index (χ1v) is 7.43. The van der Waals surface area contributed by atoms with E-state index < -0.39 is 0 Å². The highest BCUT2D eigenvalue weighted by molar-refractivity contribution is 9.10. The molecule has 1 fully saturated rings. The number of rotatable bonds is 3. The Bertz CT molecular complexity index is 602.